The van der Waals surface area contributed by atoms with Gasteiger partial charge in [-0.2, -0.15) is 13.2 Å². The molecule has 0 bridgehead atoms. The Morgan fingerprint density at radius 1 is 1.14 bits per heavy atom. The van der Waals surface area contributed by atoms with Gasteiger partial charge in [0.1, 0.15) is 5.82 Å². The number of fused-ring (bicyclic) bond motifs is 2. The second-order valence-corrected chi connectivity index (χ2v) is 11.1. The zero-order chi connectivity index (χ0) is 29.6. The van der Waals surface area contributed by atoms with E-state index in [1.807, 2.05) is 19.1 Å². The molecule has 1 aliphatic carbocycles. The Morgan fingerprint density at radius 2 is 1.93 bits per heavy atom. The topological polar surface area (TPSA) is 107 Å². The molecule has 9 nitrogen and oxygen atoms in total. The second-order valence-electron chi connectivity index (χ2n) is 10.7. The summed E-state index contributed by atoms with van der Waals surface area (Å²) >= 11 is 5.83. The average Bonchev–Trinajstić information content (AvgIpc) is 3.24. The lowest BCUT2D eigenvalue weighted by atomic mass is 9.85. The van der Waals surface area contributed by atoms with Crippen LogP contribution in [0.4, 0.5) is 19.0 Å². The normalized spacial score (nSPS) is 18.7. The number of rotatable bonds is 5. The highest BCUT2D eigenvalue weighted by atomic mass is 35.5. The number of alkyl halides is 3. The molecule has 2 N–H and O–H groups in total. The standard InChI is InChI=1S/C29H27ClF3N7O2/c1-16-8-10-34-25-21(16)12-20(14-37-25)40-26-23(3-2-9-35-26)39(28(40)42)15-17-4-6-19(7-5-17)38-27(41)22-11-18(30)13-36-24(22)29(31,32)33/h2-3,8-9,11-14,17,19H,4-7,10,15H2,1H3,(H,34,37)(H,38,41). The van der Waals surface area contributed by atoms with Crippen LogP contribution in [0.3, 0.4) is 0 Å². The fraction of sp³-hybridized carbons (Fsp3) is 0.345. The zero-order valence-corrected chi connectivity index (χ0v) is 23.3. The smallest absolute Gasteiger partial charge is 0.366 e. The number of hydrogen-bond donors (Lipinski definition) is 2. The van der Waals surface area contributed by atoms with E-state index in [-0.39, 0.29) is 22.7 Å². The van der Waals surface area contributed by atoms with Gasteiger partial charge < -0.3 is 10.6 Å². The lowest BCUT2D eigenvalue weighted by Gasteiger charge is -2.29. The van der Waals surface area contributed by atoms with Gasteiger partial charge in [-0.1, -0.05) is 17.7 Å². The third kappa shape index (κ3) is 5.26. The number of carbonyl (C=O) groups is 1. The van der Waals surface area contributed by atoms with E-state index in [2.05, 4.69) is 31.7 Å². The highest BCUT2D eigenvalue weighted by Gasteiger charge is 2.38. The van der Waals surface area contributed by atoms with Gasteiger partial charge in [0.25, 0.3) is 5.91 Å². The molecule has 2 aliphatic rings. The molecule has 0 spiro atoms. The Bertz CT molecular complexity index is 1770. The highest BCUT2D eigenvalue weighted by molar-refractivity contribution is 6.30. The van der Waals surface area contributed by atoms with Crippen molar-refractivity contribution in [1.29, 1.82) is 0 Å². The number of imidazole rings is 1. The van der Waals surface area contributed by atoms with E-state index in [9.17, 15) is 22.8 Å². The summed E-state index contributed by atoms with van der Waals surface area (Å²) < 4.78 is 43.5. The van der Waals surface area contributed by atoms with Crippen molar-refractivity contribution in [1.82, 2.24) is 29.4 Å². The van der Waals surface area contributed by atoms with Crippen molar-refractivity contribution < 1.29 is 18.0 Å². The van der Waals surface area contributed by atoms with Crippen LogP contribution in [0.25, 0.3) is 22.4 Å². The van der Waals surface area contributed by atoms with Gasteiger partial charge in [-0.05, 0) is 68.4 Å². The van der Waals surface area contributed by atoms with Gasteiger partial charge in [0, 0.05) is 37.1 Å². The van der Waals surface area contributed by atoms with Gasteiger partial charge in [0.2, 0.25) is 0 Å². The number of halogens is 4. The molecular formula is C29H27ClF3N7O2. The summed E-state index contributed by atoms with van der Waals surface area (Å²) in [7, 11) is 0. The monoisotopic (exact) mass is 597 g/mol. The molecule has 218 valence electrons. The average molecular weight is 598 g/mol. The van der Waals surface area contributed by atoms with Crippen LogP contribution in [0.1, 0.15) is 54.2 Å². The van der Waals surface area contributed by atoms with E-state index in [1.165, 1.54) is 0 Å². The maximum Gasteiger partial charge on any atom is 0.434 e. The Kier molecular flexibility index (Phi) is 7.25. The number of nitrogens with zero attached hydrogens (tertiary/aromatic N) is 5. The molecule has 13 heteroatoms. The minimum atomic E-state index is -4.78. The molecule has 0 aromatic carbocycles. The number of hydrogen-bond acceptors (Lipinski definition) is 6. The number of pyridine rings is 3. The predicted molar refractivity (Wildman–Crippen MR) is 153 cm³/mol. The minimum Gasteiger partial charge on any atom is -0.366 e. The Labute approximate surface area is 243 Å². The van der Waals surface area contributed by atoms with Crippen molar-refractivity contribution in [2.75, 3.05) is 11.9 Å². The van der Waals surface area contributed by atoms with Crippen molar-refractivity contribution in [3.8, 4) is 5.69 Å². The highest BCUT2D eigenvalue weighted by Crippen LogP contribution is 2.33. The van der Waals surface area contributed by atoms with Gasteiger partial charge in [0.15, 0.2) is 11.3 Å². The summed E-state index contributed by atoms with van der Waals surface area (Å²) in [6, 6.07) is 6.27. The fourth-order valence-electron chi connectivity index (χ4n) is 5.77. The first kappa shape index (κ1) is 28.0. The number of carbonyl (C=O) groups excluding carboxylic acids is 1. The van der Waals surface area contributed by atoms with Crippen LogP contribution >= 0.6 is 11.6 Å². The number of anilines is 1. The molecule has 1 saturated carbocycles. The number of aromatic nitrogens is 5. The SMILES string of the molecule is CC1=CCNc2ncc(-n3c(=O)n(CC4CCC(NC(=O)c5cc(Cl)cnc5C(F)(F)F)CC4)c4cccnc43)cc21. The molecular weight excluding hydrogens is 571 g/mol. The second kappa shape index (κ2) is 10.9. The summed E-state index contributed by atoms with van der Waals surface area (Å²) in [5.41, 5.74) is 1.78. The summed E-state index contributed by atoms with van der Waals surface area (Å²) in [6.07, 6.45) is 3.95. The number of allylic oxidation sites excluding steroid dienone is 1. The van der Waals surface area contributed by atoms with Crippen molar-refractivity contribution in [3.63, 3.8) is 0 Å². The third-order valence-electron chi connectivity index (χ3n) is 7.92. The molecule has 4 aromatic heterocycles. The van der Waals surface area contributed by atoms with E-state index in [4.69, 9.17) is 11.6 Å². The van der Waals surface area contributed by atoms with E-state index in [0.29, 0.717) is 55.6 Å². The quantitative estimate of drug-likeness (QED) is 0.316. The molecule has 42 heavy (non-hydrogen) atoms. The Hall–Kier alpha value is -4.19. The first-order valence-corrected chi connectivity index (χ1v) is 14.0. The largest absolute Gasteiger partial charge is 0.434 e. The van der Waals surface area contributed by atoms with Gasteiger partial charge >= 0.3 is 11.9 Å². The van der Waals surface area contributed by atoms with Crippen molar-refractivity contribution in [2.24, 2.45) is 5.92 Å². The van der Waals surface area contributed by atoms with Gasteiger partial charge in [-0.3, -0.25) is 9.36 Å². The molecule has 0 atom stereocenters. The third-order valence-corrected chi connectivity index (χ3v) is 8.12. The molecule has 1 fully saturated rings. The number of amides is 1. The van der Waals surface area contributed by atoms with Gasteiger partial charge in [-0.15, -0.1) is 0 Å². The first-order valence-electron chi connectivity index (χ1n) is 13.6. The molecule has 6 rings (SSSR count). The summed E-state index contributed by atoms with van der Waals surface area (Å²) in [4.78, 5) is 38.9. The molecule has 0 saturated heterocycles. The summed E-state index contributed by atoms with van der Waals surface area (Å²) in [6.45, 7) is 3.16. The molecule has 1 aliphatic heterocycles. The van der Waals surface area contributed by atoms with Crippen LogP contribution in [-0.4, -0.2) is 42.6 Å². The van der Waals surface area contributed by atoms with Crippen molar-refractivity contribution >= 4 is 40.1 Å². The zero-order valence-electron chi connectivity index (χ0n) is 22.6. The van der Waals surface area contributed by atoms with E-state index in [1.54, 1.807) is 27.6 Å². The molecule has 0 unspecified atom stereocenters. The molecule has 1 amide bonds. The van der Waals surface area contributed by atoms with Crippen LogP contribution < -0.4 is 16.3 Å². The van der Waals surface area contributed by atoms with Crippen molar-refractivity contribution in [2.45, 2.75) is 51.4 Å². The van der Waals surface area contributed by atoms with Crippen LogP contribution in [-0.2, 0) is 12.7 Å². The first-order chi connectivity index (χ1) is 20.1. The Balaban J connectivity index is 1.19. The lowest BCUT2D eigenvalue weighted by molar-refractivity contribution is -0.141. The van der Waals surface area contributed by atoms with Crippen molar-refractivity contribution in [3.05, 3.63) is 81.3 Å². The van der Waals surface area contributed by atoms with Crippen LogP contribution in [0.5, 0.6) is 0 Å². The maximum absolute atomic E-state index is 13.8. The molecule has 0 radical (unpaired) electrons. The molecule has 4 aromatic rings. The minimum absolute atomic E-state index is 0.0506. The van der Waals surface area contributed by atoms with Crippen LogP contribution in [0.15, 0.2) is 53.7 Å². The maximum atomic E-state index is 13.8. The van der Waals surface area contributed by atoms with Crippen LogP contribution in [0.2, 0.25) is 5.02 Å². The number of nitrogens with one attached hydrogen (secondary N) is 2. The van der Waals surface area contributed by atoms with Gasteiger partial charge in [-0.25, -0.2) is 24.3 Å². The molecule has 5 heterocycles. The van der Waals surface area contributed by atoms with Crippen LogP contribution in [0, 0.1) is 5.92 Å². The van der Waals surface area contributed by atoms with E-state index >= 15 is 0 Å². The fourth-order valence-corrected chi connectivity index (χ4v) is 5.93. The lowest BCUT2D eigenvalue weighted by Crippen LogP contribution is -2.39. The summed E-state index contributed by atoms with van der Waals surface area (Å²) in [5.74, 6) is 0.0448. The van der Waals surface area contributed by atoms with E-state index in [0.717, 1.165) is 29.2 Å². The summed E-state index contributed by atoms with van der Waals surface area (Å²) in [5, 5.41) is 5.91. The predicted octanol–water partition coefficient (Wildman–Crippen LogP) is 5.47. The van der Waals surface area contributed by atoms with Gasteiger partial charge in [0.05, 0.1) is 28.0 Å². The Morgan fingerprint density at radius 3 is 2.69 bits per heavy atom. The van der Waals surface area contributed by atoms with E-state index < -0.39 is 23.3 Å².